The average Bonchev–Trinajstić information content (AvgIpc) is 2.34. The van der Waals surface area contributed by atoms with Crippen molar-refractivity contribution < 1.29 is 19.0 Å². The van der Waals surface area contributed by atoms with E-state index in [1.807, 2.05) is 52.0 Å². The first-order valence-electron chi connectivity index (χ1n) is 6.24. The van der Waals surface area contributed by atoms with E-state index < -0.39 is 12.3 Å². The van der Waals surface area contributed by atoms with Crippen LogP contribution in [-0.2, 0) is 14.3 Å². The third-order valence-electron chi connectivity index (χ3n) is 2.54. The maximum absolute atomic E-state index is 11.7. The fraction of sp³-hybridized carbons (Fsp3) is 0.533. The molecule has 0 fully saturated rings. The van der Waals surface area contributed by atoms with E-state index in [0.29, 0.717) is 5.75 Å². The van der Waals surface area contributed by atoms with Crippen LogP contribution >= 0.6 is 0 Å². The van der Waals surface area contributed by atoms with Crippen LogP contribution < -0.4 is 4.74 Å². The topological polar surface area (TPSA) is 44.8 Å². The molecule has 19 heavy (non-hydrogen) atoms. The Balaban J connectivity index is 2.45. The van der Waals surface area contributed by atoms with Gasteiger partial charge in [0.1, 0.15) is 5.75 Å². The molecule has 0 aliphatic heterocycles. The summed E-state index contributed by atoms with van der Waals surface area (Å²) in [6.07, 6.45) is -0.582. The molecule has 0 spiro atoms. The van der Waals surface area contributed by atoms with Gasteiger partial charge in [-0.05, 0) is 19.1 Å². The molecule has 0 saturated carbocycles. The molecule has 0 amide bonds. The van der Waals surface area contributed by atoms with E-state index >= 15 is 0 Å². The number of carbonyl (C=O) groups excluding carboxylic acids is 1. The standard InChI is InChI=1S/C15H22O4/c1-11-6-8-12(9-7-11)18-10-13(16)19-14(17-5)15(2,3)4/h6-9,14H,10H2,1-5H3. The summed E-state index contributed by atoms with van der Waals surface area (Å²) in [5.41, 5.74) is 0.871. The number of methoxy groups -OCH3 is 1. The van der Waals surface area contributed by atoms with Crippen LogP contribution in [-0.4, -0.2) is 26.0 Å². The Morgan fingerprint density at radius 2 is 1.79 bits per heavy atom. The van der Waals surface area contributed by atoms with E-state index in [1.54, 1.807) is 0 Å². The van der Waals surface area contributed by atoms with Crippen LogP contribution in [0.2, 0.25) is 0 Å². The molecule has 0 bridgehead atoms. The molecule has 0 heterocycles. The van der Waals surface area contributed by atoms with Crippen molar-refractivity contribution in [3.8, 4) is 5.75 Å². The Morgan fingerprint density at radius 3 is 2.26 bits per heavy atom. The molecule has 1 aromatic carbocycles. The average molecular weight is 266 g/mol. The van der Waals surface area contributed by atoms with Crippen LogP contribution in [0.3, 0.4) is 0 Å². The minimum atomic E-state index is -0.582. The summed E-state index contributed by atoms with van der Waals surface area (Å²) in [5.74, 6) is 0.203. The van der Waals surface area contributed by atoms with Crippen LogP contribution in [0.5, 0.6) is 5.75 Å². The summed E-state index contributed by atoms with van der Waals surface area (Å²) in [4.78, 5) is 11.7. The Morgan fingerprint density at radius 1 is 1.21 bits per heavy atom. The minimum absolute atomic E-state index is 0.126. The second kappa shape index (κ2) is 6.57. The van der Waals surface area contributed by atoms with Gasteiger partial charge in [-0.15, -0.1) is 0 Å². The second-order valence-electron chi connectivity index (χ2n) is 5.53. The van der Waals surface area contributed by atoms with Gasteiger partial charge in [0, 0.05) is 12.5 Å². The van der Waals surface area contributed by atoms with Gasteiger partial charge in [0.25, 0.3) is 0 Å². The summed E-state index contributed by atoms with van der Waals surface area (Å²) in [6.45, 7) is 7.68. The van der Waals surface area contributed by atoms with Gasteiger partial charge in [0.15, 0.2) is 6.61 Å². The van der Waals surface area contributed by atoms with Gasteiger partial charge in [-0.1, -0.05) is 38.5 Å². The molecule has 4 heteroatoms. The zero-order valence-corrected chi connectivity index (χ0v) is 12.2. The van der Waals surface area contributed by atoms with Crippen molar-refractivity contribution in [1.29, 1.82) is 0 Å². The predicted molar refractivity (Wildman–Crippen MR) is 73.0 cm³/mol. The quantitative estimate of drug-likeness (QED) is 0.607. The first kappa shape index (κ1) is 15.5. The van der Waals surface area contributed by atoms with Gasteiger partial charge in [-0.25, -0.2) is 4.79 Å². The molecule has 106 valence electrons. The number of hydrogen-bond donors (Lipinski definition) is 0. The molecule has 1 rings (SSSR count). The molecule has 0 aliphatic carbocycles. The number of aryl methyl sites for hydroxylation is 1. The van der Waals surface area contributed by atoms with Crippen LogP contribution in [0.1, 0.15) is 26.3 Å². The van der Waals surface area contributed by atoms with Gasteiger partial charge in [-0.3, -0.25) is 0 Å². The highest BCUT2D eigenvalue weighted by atomic mass is 16.7. The molecule has 0 radical (unpaired) electrons. The van der Waals surface area contributed by atoms with Crippen molar-refractivity contribution in [3.05, 3.63) is 29.8 Å². The first-order valence-corrected chi connectivity index (χ1v) is 6.24. The van der Waals surface area contributed by atoms with Crippen LogP contribution in [0.25, 0.3) is 0 Å². The highest BCUT2D eigenvalue weighted by Gasteiger charge is 2.28. The van der Waals surface area contributed by atoms with Gasteiger partial charge in [0.2, 0.25) is 6.29 Å². The molecule has 0 aliphatic rings. The molecule has 0 saturated heterocycles. The summed E-state index contributed by atoms with van der Waals surface area (Å²) in [6, 6.07) is 7.49. The zero-order valence-electron chi connectivity index (χ0n) is 12.2. The zero-order chi connectivity index (χ0) is 14.5. The van der Waals surface area contributed by atoms with Crippen LogP contribution in [0.15, 0.2) is 24.3 Å². The third kappa shape index (κ3) is 5.30. The van der Waals surface area contributed by atoms with Crippen molar-refractivity contribution in [2.45, 2.75) is 34.0 Å². The van der Waals surface area contributed by atoms with Gasteiger partial charge >= 0.3 is 5.97 Å². The van der Waals surface area contributed by atoms with E-state index in [0.717, 1.165) is 5.56 Å². The molecule has 1 unspecified atom stereocenters. The fourth-order valence-corrected chi connectivity index (χ4v) is 1.51. The van der Waals surface area contributed by atoms with Crippen molar-refractivity contribution in [3.63, 3.8) is 0 Å². The Kier molecular flexibility index (Phi) is 5.36. The molecule has 0 N–H and O–H groups in total. The van der Waals surface area contributed by atoms with Crippen molar-refractivity contribution in [1.82, 2.24) is 0 Å². The van der Waals surface area contributed by atoms with E-state index in [4.69, 9.17) is 14.2 Å². The number of ether oxygens (including phenoxy) is 3. The predicted octanol–water partition coefficient (Wildman–Crippen LogP) is 2.94. The fourth-order valence-electron chi connectivity index (χ4n) is 1.51. The van der Waals surface area contributed by atoms with Gasteiger partial charge in [0.05, 0.1) is 0 Å². The van der Waals surface area contributed by atoms with Crippen molar-refractivity contribution in [2.75, 3.05) is 13.7 Å². The molecular weight excluding hydrogens is 244 g/mol. The Bertz CT molecular complexity index is 403. The van der Waals surface area contributed by atoms with Crippen LogP contribution in [0, 0.1) is 12.3 Å². The first-order chi connectivity index (χ1) is 8.82. The SMILES string of the molecule is COC(OC(=O)COc1ccc(C)cc1)C(C)(C)C. The van der Waals surface area contributed by atoms with Crippen molar-refractivity contribution in [2.24, 2.45) is 5.41 Å². The van der Waals surface area contributed by atoms with E-state index in [2.05, 4.69) is 0 Å². The summed E-state index contributed by atoms with van der Waals surface area (Å²) < 4.78 is 15.7. The molecule has 1 atom stereocenters. The largest absolute Gasteiger partial charge is 0.482 e. The maximum atomic E-state index is 11.7. The summed E-state index contributed by atoms with van der Waals surface area (Å²) in [5, 5.41) is 0. The van der Waals surface area contributed by atoms with E-state index in [1.165, 1.54) is 7.11 Å². The van der Waals surface area contributed by atoms with E-state index in [-0.39, 0.29) is 12.0 Å². The lowest BCUT2D eigenvalue weighted by molar-refractivity contribution is -0.197. The second-order valence-corrected chi connectivity index (χ2v) is 5.53. The number of rotatable bonds is 5. The smallest absolute Gasteiger partial charge is 0.346 e. The molecule has 1 aromatic rings. The maximum Gasteiger partial charge on any atom is 0.346 e. The number of carbonyl (C=O) groups is 1. The summed E-state index contributed by atoms with van der Waals surface area (Å²) in [7, 11) is 1.52. The molecular formula is C15H22O4. The minimum Gasteiger partial charge on any atom is -0.482 e. The lowest BCUT2D eigenvalue weighted by Crippen LogP contribution is -2.34. The van der Waals surface area contributed by atoms with Gasteiger partial charge in [-0.2, -0.15) is 0 Å². The van der Waals surface area contributed by atoms with E-state index in [9.17, 15) is 4.79 Å². The molecule has 0 aromatic heterocycles. The molecule has 4 nitrogen and oxygen atoms in total. The Labute approximate surface area is 114 Å². The number of esters is 1. The number of benzene rings is 1. The lowest BCUT2D eigenvalue weighted by Gasteiger charge is -2.28. The van der Waals surface area contributed by atoms with Crippen LogP contribution in [0.4, 0.5) is 0 Å². The highest BCUT2D eigenvalue weighted by Crippen LogP contribution is 2.22. The normalized spacial score (nSPS) is 12.9. The monoisotopic (exact) mass is 266 g/mol. The summed E-state index contributed by atoms with van der Waals surface area (Å²) >= 11 is 0. The third-order valence-corrected chi connectivity index (χ3v) is 2.54. The highest BCUT2D eigenvalue weighted by molar-refractivity contribution is 5.71. The lowest BCUT2D eigenvalue weighted by atomic mass is 9.96. The Hall–Kier alpha value is -1.55. The van der Waals surface area contributed by atoms with Gasteiger partial charge < -0.3 is 14.2 Å². The van der Waals surface area contributed by atoms with Crippen molar-refractivity contribution >= 4 is 5.97 Å². The number of hydrogen-bond acceptors (Lipinski definition) is 4.